The fourth-order valence-electron chi connectivity index (χ4n) is 5.42. The number of aromatic nitrogens is 1. The summed E-state index contributed by atoms with van der Waals surface area (Å²) in [5, 5.41) is 17.1. The minimum atomic E-state index is -3.80. The Hall–Kier alpha value is -2.23. The SMILES string of the molecule is Cc1noc(C)c1NC(=O)c1cccc(S(=O)(=O)N2C[C@@H]3C[C@H]4C[C@H]3[C@@H]2[C@H]4O)c1. The van der Waals surface area contributed by atoms with E-state index >= 15 is 0 Å². The standard InChI is InChI=1S/C20H23N3O5S/c1-10-17(11(2)28-22-10)21-20(25)12-4-3-5-15(7-12)29(26,27)23-9-14-6-13-8-16(14)18(23)19(13)24/h3-5,7,13-14,16,18-19,24H,6,8-9H2,1-2H3,(H,21,25)/t13-,14-,16+,18+,19-/m0/s1. The Morgan fingerprint density at radius 2 is 2.07 bits per heavy atom. The van der Waals surface area contributed by atoms with Crippen molar-refractivity contribution in [2.24, 2.45) is 17.8 Å². The van der Waals surface area contributed by atoms with Gasteiger partial charge in [-0.25, -0.2) is 8.42 Å². The molecule has 0 spiro atoms. The fourth-order valence-corrected chi connectivity index (χ4v) is 7.20. The number of carbonyl (C=O) groups excluding carboxylic acids is 1. The largest absolute Gasteiger partial charge is 0.391 e. The van der Waals surface area contributed by atoms with Crippen LogP contribution in [0.5, 0.6) is 0 Å². The van der Waals surface area contributed by atoms with Gasteiger partial charge in [-0.1, -0.05) is 11.2 Å². The lowest BCUT2D eigenvalue weighted by atomic mass is 9.88. The highest BCUT2D eigenvalue weighted by Crippen LogP contribution is 2.56. The molecule has 29 heavy (non-hydrogen) atoms. The van der Waals surface area contributed by atoms with Crippen LogP contribution in [0.1, 0.15) is 34.7 Å². The van der Waals surface area contributed by atoms with Gasteiger partial charge in [0.25, 0.3) is 5.91 Å². The molecular formula is C20H23N3O5S. The van der Waals surface area contributed by atoms with Crippen LogP contribution in [0.4, 0.5) is 5.69 Å². The number of aliphatic hydroxyl groups excluding tert-OH is 1. The van der Waals surface area contributed by atoms with Crippen LogP contribution in [0, 0.1) is 31.6 Å². The molecule has 9 heteroatoms. The van der Waals surface area contributed by atoms with Crippen molar-refractivity contribution in [2.75, 3.05) is 11.9 Å². The molecule has 0 unspecified atom stereocenters. The summed E-state index contributed by atoms with van der Waals surface area (Å²) >= 11 is 0. The van der Waals surface area contributed by atoms with Gasteiger partial charge in [0.1, 0.15) is 11.4 Å². The van der Waals surface area contributed by atoms with Crippen LogP contribution in [-0.2, 0) is 10.0 Å². The maximum Gasteiger partial charge on any atom is 0.255 e. The number of rotatable bonds is 4. The normalized spacial score (nSPS) is 30.8. The molecule has 1 aromatic heterocycles. The molecule has 2 aromatic rings. The maximum atomic E-state index is 13.3. The summed E-state index contributed by atoms with van der Waals surface area (Å²) in [5.74, 6) is 0.836. The Bertz CT molecular complexity index is 1070. The van der Waals surface area contributed by atoms with Gasteiger partial charge < -0.3 is 14.9 Å². The second-order valence-corrected chi connectivity index (χ2v) is 10.3. The number of aliphatic hydroxyl groups is 1. The van der Waals surface area contributed by atoms with Gasteiger partial charge >= 0.3 is 0 Å². The van der Waals surface area contributed by atoms with Gasteiger partial charge in [-0.15, -0.1) is 0 Å². The molecule has 8 nitrogen and oxygen atoms in total. The number of aryl methyl sites for hydroxylation is 2. The Morgan fingerprint density at radius 3 is 2.76 bits per heavy atom. The van der Waals surface area contributed by atoms with E-state index in [0.717, 1.165) is 12.8 Å². The number of sulfonamides is 1. The zero-order valence-electron chi connectivity index (χ0n) is 16.2. The minimum Gasteiger partial charge on any atom is -0.391 e. The highest BCUT2D eigenvalue weighted by Gasteiger charge is 2.61. The van der Waals surface area contributed by atoms with Crippen LogP contribution in [0.3, 0.4) is 0 Å². The zero-order valence-corrected chi connectivity index (χ0v) is 17.0. The number of amides is 1. The van der Waals surface area contributed by atoms with Gasteiger partial charge in [-0.2, -0.15) is 4.31 Å². The second-order valence-electron chi connectivity index (χ2n) is 8.39. The van der Waals surface area contributed by atoms with Crippen LogP contribution in [-0.4, -0.2) is 47.6 Å². The first-order chi connectivity index (χ1) is 13.8. The molecule has 5 atom stereocenters. The average Bonchev–Trinajstić information content (AvgIpc) is 3.40. The first kappa shape index (κ1) is 18.8. The molecule has 2 heterocycles. The molecule has 1 saturated heterocycles. The molecule has 5 rings (SSSR count). The van der Waals surface area contributed by atoms with Crippen molar-refractivity contribution in [3.63, 3.8) is 0 Å². The van der Waals surface area contributed by atoms with E-state index < -0.39 is 22.0 Å². The van der Waals surface area contributed by atoms with Crippen LogP contribution in [0.15, 0.2) is 33.7 Å². The van der Waals surface area contributed by atoms with E-state index in [0.29, 0.717) is 29.6 Å². The quantitative estimate of drug-likeness (QED) is 0.786. The van der Waals surface area contributed by atoms with Gasteiger partial charge in [0.05, 0.1) is 17.0 Å². The second kappa shape index (κ2) is 6.38. The van der Waals surface area contributed by atoms with E-state index in [1.807, 2.05) is 0 Å². The molecular weight excluding hydrogens is 394 g/mol. The predicted octanol–water partition coefficient (Wildman–Crippen LogP) is 1.93. The molecule has 3 aliphatic rings. The molecule has 2 N–H and O–H groups in total. The summed E-state index contributed by atoms with van der Waals surface area (Å²) in [6.45, 7) is 3.86. The Kier molecular flexibility index (Phi) is 4.13. The first-order valence-corrected chi connectivity index (χ1v) is 11.3. The summed E-state index contributed by atoms with van der Waals surface area (Å²) in [5.41, 5.74) is 1.27. The van der Waals surface area contributed by atoms with Crippen LogP contribution >= 0.6 is 0 Å². The summed E-state index contributed by atoms with van der Waals surface area (Å²) in [6, 6.07) is 5.68. The highest BCUT2D eigenvalue weighted by atomic mass is 32.2. The van der Waals surface area contributed by atoms with E-state index in [2.05, 4.69) is 10.5 Å². The molecule has 0 radical (unpaired) electrons. The predicted molar refractivity (Wildman–Crippen MR) is 104 cm³/mol. The zero-order chi connectivity index (χ0) is 20.5. The number of anilines is 1. The summed E-state index contributed by atoms with van der Waals surface area (Å²) in [4.78, 5) is 12.8. The van der Waals surface area contributed by atoms with Crippen LogP contribution < -0.4 is 5.32 Å². The van der Waals surface area contributed by atoms with Gasteiger partial charge in [0, 0.05) is 12.1 Å². The molecule has 2 bridgehead atoms. The number of carbonyl (C=O) groups is 1. The summed E-state index contributed by atoms with van der Waals surface area (Å²) < 4.78 is 33.2. The van der Waals surface area contributed by atoms with Crippen molar-refractivity contribution in [1.82, 2.24) is 9.46 Å². The maximum absolute atomic E-state index is 13.3. The minimum absolute atomic E-state index is 0.0702. The summed E-state index contributed by atoms with van der Waals surface area (Å²) in [7, 11) is -3.80. The molecule has 154 valence electrons. The first-order valence-electron chi connectivity index (χ1n) is 9.81. The number of hydrogen-bond acceptors (Lipinski definition) is 6. The van der Waals surface area contributed by atoms with E-state index in [9.17, 15) is 18.3 Å². The van der Waals surface area contributed by atoms with Gasteiger partial charge in [-0.05, 0) is 62.6 Å². The van der Waals surface area contributed by atoms with Gasteiger partial charge in [0.2, 0.25) is 10.0 Å². The molecule has 2 saturated carbocycles. The third-order valence-electron chi connectivity index (χ3n) is 6.78. The molecule has 3 fully saturated rings. The van der Waals surface area contributed by atoms with Crippen molar-refractivity contribution in [3.8, 4) is 0 Å². The van der Waals surface area contributed by atoms with Crippen molar-refractivity contribution in [3.05, 3.63) is 41.3 Å². The van der Waals surface area contributed by atoms with Crippen molar-refractivity contribution >= 4 is 21.6 Å². The molecule has 2 aliphatic carbocycles. The molecule has 1 amide bonds. The third-order valence-corrected chi connectivity index (χ3v) is 8.64. The molecule has 1 aliphatic heterocycles. The Labute approximate surface area is 168 Å². The van der Waals surface area contributed by atoms with Crippen molar-refractivity contribution in [1.29, 1.82) is 0 Å². The van der Waals surface area contributed by atoms with Crippen molar-refractivity contribution < 1.29 is 22.8 Å². The average molecular weight is 417 g/mol. The lowest BCUT2D eigenvalue weighted by molar-refractivity contribution is 0.0731. The van der Waals surface area contributed by atoms with E-state index in [1.165, 1.54) is 16.4 Å². The Morgan fingerprint density at radius 1 is 1.28 bits per heavy atom. The number of nitrogens with zero attached hydrogens (tertiary/aromatic N) is 2. The lowest BCUT2D eigenvalue weighted by Crippen LogP contribution is -2.43. The number of benzene rings is 1. The van der Waals surface area contributed by atoms with E-state index in [4.69, 9.17) is 4.52 Å². The van der Waals surface area contributed by atoms with E-state index in [-0.39, 0.29) is 28.3 Å². The Balaban J connectivity index is 1.43. The number of hydrogen-bond donors (Lipinski definition) is 2. The third kappa shape index (κ3) is 2.75. The lowest BCUT2D eigenvalue weighted by Gasteiger charge is -2.28. The molecule has 1 aromatic carbocycles. The van der Waals surface area contributed by atoms with Gasteiger partial charge in [0.15, 0.2) is 5.76 Å². The number of nitrogens with one attached hydrogen (secondary N) is 1. The van der Waals surface area contributed by atoms with Crippen LogP contribution in [0.2, 0.25) is 0 Å². The topological polar surface area (TPSA) is 113 Å². The van der Waals surface area contributed by atoms with E-state index in [1.54, 1.807) is 26.0 Å². The van der Waals surface area contributed by atoms with Crippen LogP contribution in [0.25, 0.3) is 0 Å². The summed E-state index contributed by atoms with van der Waals surface area (Å²) in [6.07, 6.45) is 1.20. The fraction of sp³-hybridized carbons (Fsp3) is 0.500. The smallest absolute Gasteiger partial charge is 0.255 e. The monoisotopic (exact) mass is 417 g/mol. The number of fused-ring (bicyclic) bond motifs is 1. The van der Waals surface area contributed by atoms with Crippen molar-refractivity contribution in [2.45, 2.75) is 43.7 Å². The highest BCUT2D eigenvalue weighted by molar-refractivity contribution is 7.89. The van der Waals surface area contributed by atoms with Gasteiger partial charge in [-0.3, -0.25) is 4.79 Å².